The van der Waals surface area contributed by atoms with Crippen LogP contribution in [0.2, 0.25) is 0 Å². The van der Waals surface area contributed by atoms with Crippen LogP contribution in [-0.4, -0.2) is 19.1 Å². The third kappa shape index (κ3) is 4.12. The van der Waals surface area contributed by atoms with Gasteiger partial charge in [0.25, 0.3) is 5.19 Å². The molecule has 0 atom stereocenters. The lowest BCUT2D eigenvalue weighted by Gasteiger charge is -2.12. The second-order valence-corrected chi connectivity index (χ2v) is 7.63. The lowest BCUT2D eigenvalue weighted by molar-refractivity contribution is 0.474. The molecule has 0 bridgehead atoms. The van der Waals surface area contributed by atoms with Crippen LogP contribution in [0.5, 0.6) is 10.9 Å². The molecule has 0 aliphatic heterocycles. The van der Waals surface area contributed by atoms with Crippen molar-refractivity contribution in [1.29, 1.82) is 0 Å². The molecule has 2 aromatic carbocycles. The first-order chi connectivity index (χ1) is 13.6. The smallest absolute Gasteiger partial charge is 0.299 e. The molecular weight excluding hydrogens is 368 g/mol. The maximum absolute atomic E-state index is 6.05. The summed E-state index contributed by atoms with van der Waals surface area (Å²) in [7, 11) is 0. The van der Waals surface area contributed by atoms with Crippen LogP contribution >= 0.6 is 11.5 Å². The molecule has 142 valence electrons. The molecule has 0 fully saturated rings. The summed E-state index contributed by atoms with van der Waals surface area (Å²) in [4.78, 5) is 4.54. The van der Waals surface area contributed by atoms with E-state index in [4.69, 9.17) is 4.74 Å². The summed E-state index contributed by atoms with van der Waals surface area (Å²) in [5.74, 6) is 1.53. The van der Waals surface area contributed by atoms with Crippen LogP contribution in [0.25, 0.3) is 11.4 Å². The maximum atomic E-state index is 6.05. The van der Waals surface area contributed by atoms with E-state index in [2.05, 4.69) is 59.5 Å². The van der Waals surface area contributed by atoms with Crippen LogP contribution in [0.1, 0.15) is 22.3 Å². The van der Waals surface area contributed by atoms with Crippen molar-refractivity contribution in [2.75, 3.05) is 0 Å². The van der Waals surface area contributed by atoms with Gasteiger partial charge in [-0.05, 0) is 56.0 Å². The summed E-state index contributed by atoms with van der Waals surface area (Å²) >= 11 is 1.28. The predicted molar refractivity (Wildman–Crippen MR) is 112 cm³/mol. The third-order valence-corrected chi connectivity index (χ3v) is 5.31. The summed E-state index contributed by atoms with van der Waals surface area (Å²) in [6.45, 7) is 7.11. The van der Waals surface area contributed by atoms with Gasteiger partial charge in [0.2, 0.25) is 0 Å². The molecule has 0 unspecified atom stereocenters. The molecule has 0 aliphatic rings. The average Bonchev–Trinajstić information content (AvgIpc) is 3.36. The fraction of sp³-hybridized carbons (Fsp3) is 0.227. The second kappa shape index (κ2) is 7.94. The number of aryl methyl sites for hydroxylation is 5. The molecule has 0 spiro atoms. The fourth-order valence-electron chi connectivity index (χ4n) is 3.06. The molecule has 0 N–H and O–H groups in total. The van der Waals surface area contributed by atoms with Crippen molar-refractivity contribution in [1.82, 2.24) is 19.1 Å². The van der Waals surface area contributed by atoms with Crippen LogP contribution in [-0.2, 0) is 13.0 Å². The first-order valence-corrected chi connectivity index (χ1v) is 10.0. The van der Waals surface area contributed by atoms with Gasteiger partial charge in [0, 0.05) is 36.0 Å². The minimum Gasteiger partial charge on any atom is -0.430 e. The van der Waals surface area contributed by atoms with Crippen LogP contribution in [0, 0.1) is 20.8 Å². The molecule has 6 heteroatoms. The van der Waals surface area contributed by atoms with Crippen LogP contribution in [0.4, 0.5) is 0 Å². The minimum absolute atomic E-state index is 0.558. The summed E-state index contributed by atoms with van der Waals surface area (Å²) in [5.41, 5.74) is 5.81. The molecule has 28 heavy (non-hydrogen) atoms. The van der Waals surface area contributed by atoms with Crippen molar-refractivity contribution in [3.8, 4) is 22.3 Å². The number of aromatic nitrogens is 4. The van der Waals surface area contributed by atoms with Crippen molar-refractivity contribution in [3.63, 3.8) is 0 Å². The first kappa shape index (κ1) is 18.4. The van der Waals surface area contributed by atoms with Gasteiger partial charge in [0.1, 0.15) is 5.75 Å². The highest BCUT2D eigenvalue weighted by molar-refractivity contribution is 7.07. The Morgan fingerprint density at radius 2 is 1.86 bits per heavy atom. The van der Waals surface area contributed by atoms with E-state index < -0.39 is 0 Å². The Morgan fingerprint density at radius 3 is 2.61 bits per heavy atom. The van der Waals surface area contributed by atoms with Gasteiger partial charge in [-0.3, -0.25) is 4.68 Å². The van der Waals surface area contributed by atoms with Gasteiger partial charge in [-0.15, -0.1) is 0 Å². The largest absolute Gasteiger partial charge is 0.430 e. The normalized spacial score (nSPS) is 11.0. The Morgan fingerprint density at radius 1 is 1.04 bits per heavy atom. The zero-order valence-corrected chi connectivity index (χ0v) is 17.0. The van der Waals surface area contributed by atoms with Gasteiger partial charge in [-0.2, -0.15) is 14.5 Å². The van der Waals surface area contributed by atoms with Crippen LogP contribution < -0.4 is 4.74 Å². The molecule has 0 aliphatic carbocycles. The lowest BCUT2D eigenvalue weighted by atomic mass is 10.0. The molecule has 5 nitrogen and oxygen atoms in total. The van der Waals surface area contributed by atoms with Gasteiger partial charge < -0.3 is 4.74 Å². The number of nitrogens with zero attached hydrogens (tertiary/aromatic N) is 4. The average molecular weight is 391 g/mol. The Bertz CT molecular complexity index is 1070. The SMILES string of the molecule is Cc1ccc(-c2nsc(Oc3cc(C)c(CCn4cccn4)cc3C)n2)cc1. The Balaban J connectivity index is 1.49. The quantitative estimate of drug-likeness (QED) is 0.445. The number of rotatable bonds is 6. The Hall–Kier alpha value is -2.99. The van der Waals surface area contributed by atoms with E-state index in [1.54, 1.807) is 0 Å². The van der Waals surface area contributed by atoms with E-state index in [1.807, 2.05) is 35.3 Å². The highest BCUT2D eigenvalue weighted by Gasteiger charge is 2.12. The third-order valence-electron chi connectivity index (χ3n) is 4.72. The van der Waals surface area contributed by atoms with Crippen molar-refractivity contribution < 1.29 is 4.74 Å². The van der Waals surface area contributed by atoms with Gasteiger partial charge in [0.05, 0.1) is 0 Å². The van der Waals surface area contributed by atoms with Gasteiger partial charge >= 0.3 is 0 Å². The Kier molecular flexibility index (Phi) is 5.21. The number of benzene rings is 2. The van der Waals surface area contributed by atoms with Gasteiger partial charge in [-0.1, -0.05) is 35.9 Å². The van der Waals surface area contributed by atoms with E-state index in [0.29, 0.717) is 11.0 Å². The van der Waals surface area contributed by atoms with Crippen LogP contribution in [0.3, 0.4) is 0 Å². The van der Waals surface area contributed by atoms with E-state index in [0.717, 1.165) is 29.8 Å². The van der Waals surface area contributed by atoms with Crippen LogP contribution in [0.15, 0.2) is 54.9 Å². The number of ether oxygens (including phenoxy) is 1. The van der Waals surface area contributed by atoms with Crippen molar-refractivity contribution >= 4 is 11.5 Å². The molecule has 0 radical (unpaired) electrons. The molecule has 4 aromatic rings. The van der Waals surface area contributed by atoms with Crippen molar-refractivity contribution in [2.45, 2.75) is 33.7 Å². The summed E-state index contributed by atoms with van der Waals surface area (Å²) in [6, 6.07) is 14.4. The zero-order chi connectivity index (χ0) is 19.5. The summed E-state index contributed by atoms with van der Waals surface area (Å²) in [5, 5.41) is 4.82. The fourth-order valence-corrected chi connectivity index (χ4v) is 3.63. The predicted octanol–water partition coefficient (Wildman–Crippen LogP) is 5.36. The molecular formula is C22H22N4OS. The van der Waals surface area contributed by atoms with Gasteiger partial charge in [0.15, 0.2) is 5.82 Å². The molecule has 4 rings (SSSR count). The molecule has 2 aromatic heterocycles. The zero-order valence-electron chi connectivity index (χ0n) is 16.2. The van der Waals surface area contributed by atoms with E-state index in [1.165, 1.54) is 28.2 Å². The summed E-state index contributed by atoms with van der Waals surface area (Å²) in [6.07, 6.45) is 4.73. The standard InChI is InChI=1S/C22H22N4OS/c1-15-5-7-18(8-6-15)21-24-22(28-25-21)27-20-14-16(2)19(13-17(20)3)9-12-26-11-4-10-23-26/h4-8,10-11,13-14H,9,12H2,1-3H3. The topological polar surface area (TPSA) is 52.8 Å². The highest BCUT2D eigenvalue weighted by Crippen LogP contribution is 2.31. The second-order valence-electron chi connectivity index (χ2n) is 6.92. The molecule has 2 heterocycles. The molecule has 0 amide bonds. The highest BCUT2D eigenvalue weighted by atomic mass is 32.1. The molecule has 0 saturated carbocycles. The summed E-state index contributed by atoms with van der Waals surface area (Å²) < 4.78 is 12.4. The number of hydrogen-bond acceptors (Lipinski definition) is 5. The minimum atomic E-state index is 0.558. The van der Waals surface area contributed by atoms with E-state index in [9.17, 15) is 0 Å². The van der Waals surface area contributed by atoms with Crippen molar-refractivity contribution in [2.24, 2.45) is 0 Å². The monoisotopic (exact) mass is 390 g/mol. The van der Waals surface area contributed by atoms with E-state index >= 15 is 0 Å². The lowest BCUT2D eigenvalue weighted by Crippen LogP contribution is -2.03. The van der Waals surface area contributed by atoms with Crippen molar-refractivity contribution in [3.05, 3.63) is 77.1 Å². The maximum Gasteiger partial charge on any atom is 0.299 e. The van der Waals surface area contributed by atoms with E-state index in [-0.39, 0.29) is 0 Å². The first-order valence-electron chi connectivity index (χ1n) is 9.24. The number of hydrogen-bond donors (Lipinski definition) is 0. The Labute approximate surface area is 168 Å². The van der Waals surface area contributed by atoms with Gasteiger partial charge in [-0.25, -0.2) is 0 Å². The molecule has 0 saturated heterocycles.